The van der Waals surface area contributed by atoms with Crippen molar-refractivity contribution in [1.82, 2.24) is 0 Å². The highest BCUT2D eigenvalue weighted by atomic mass is 79.9. The standard InChI is InChI=1S/C5H10BrClO/c6-8-5-3-1-2-4-7/h1-5H2. The molecule has 0 bridgehead atoms. The Morgan fingerprint density at radius 3 is 2.50 bits per heavy atom. The number of alkyl halides is 1. The number of halogens is 2. The van der Waals surface area contributed by atoms with Gasteiger partial charge in [-0.25, -0.2) is 0 Å². The molecule has 0 radical (unpaired) electrons. The average molecular weight is 201 g/mol. The lowest BCUT2D eigenvalue weighted by Crippen LogP contribution is -1.84. The Labute approximate surface area is 63.8 Å². The van der Waals surface area contributed by atoms with E-state index in [1.165, 1.54) is 0 Å². The molecule has 8 heavy (non-hydrogen) atoms. The van der Waals surface area contributed by atoms with Crippen molar-refractivity contribution in [2.24, 2.45) is 0 Å². The molecule has 0 aliphatic rings. The molecule has 0 aromatic rings. The van der Waals surface area contributed by atoms with E-state index in [9.17, 15) is 0 Å². The van der Waals surface area contributed by atoms with Gasteiger partial charge < -0.3 is 3.83 Å². The van der Waals surface area contributed by atoms with Crippen LogP contribution >= 0.6 is 27.9 Å². The fourth-order valence-electron chi connectivity index (χ4n) is 0.428. The maximum absolute atomic E-state index is 5.43. The van der Waals surface area contributed by atoms with Gasteiger partial charge in [-0.2, -0.15) is 0 Å². The third-order valence-corrected chi connectivity index (χ3v) is 1.45. The molecule has 0 saturated carbocycles. The predicted molar refractivity (Wildman–Crippen MR) is 39.5 cm³/mol. The van der Waals surface area contributed by atoms with Crippen LogP contribution in [0.4, 0.5) is 0 Å². The van der Waals surface area contributed by atoms with Gasteiger partial charge in [0.1, 0.15) is 0 Å². The first kappa shape index (κ1) is 8.73. The van der Waals surface area contributed by atoms with E-state index in [1.54, 1.807) is 0 Å². The minimum Gasteiger partial charge on any atom is -0.308 e. The molecule has 3 heteroatoms. The van der Waals surface area contributed by atoms with Gasteiger partial charge in [0, 0.05) is 5.88 Å². The van der Waals surface area contributed by atoms with Crippen LogP contribution in [-0.4, -0.2) is 12.5 Å². The Hall–Kier alpha value is 0.730. The maximum atomic E-state index is 5.43. The molecule has 0 aromatic carbocycles. The van der Waals surface area contributed by atoms with Gasteiger partial charge in [0.25, 0.3) is 0 Å². The summed E-state index contributed by atoms with van der Waals surface area (Å²) in [6.45, 7) is 0.789. The van der Waals surface area contributed by atoms with Crippen molar-refractivity contribution < 1.29 is 3.83 Å². The molecular formula is C5H10BrClO. The van der Waals surface area contributed by atoms with Crippen LogP contribution in [0.1, 0.15) is 19.3 Å². The normalized spacial score (nSPS) is 9.75. The summed E-state index contributed by atoms with van der Waals surface area (Å²) in [5.41, 5.74) is 0. The minimum absolute atomic E-state index is 0.766. The largest absolute Gasteiger partial charge is 0.308 e. The zero-order valence-electron chi connectivity index (χ0n) is 4.70. The van der Waals surface area contributed by atoms with Crippen LogP contribution < -0.4 is 0 Å². The molecule has 0 atom stereocenters. The third kappa shape index (κ3) is 6.73. The molecule has 0 N–H and O–H groups in total. The molecule has 0 aromatic heterocycles. The monoisotopic (exact) mass is 200 g/mol. The second-order valence-corrected chi connectivity index (χ2v) is 2.40. The van der Waals surface area contributed by atoms with Crippen LogP contribution in [-0.2, 0) is 3.83 Å². The van der Waals surface area contributed by atoms with E-state index in [2.05, 4.69) is 20.1 Å². The lowest BCUT2D eigenvalue weighted by molar-refractivity contribution is 0.378. The van der Waals surface area contributed by atoms with Gasteiger partial charge in [0.15, 0.2) is 0 Å². The summed E-state index contributed by atoms with van der Waals surface area (Å²) in [6, 6.07) is 0. The zero-order valence-corrected chi connectivity index (χ0v) is 7.04. The van der Waals surface area contributed by atoms with Crippen molar-refractivity contribution in [3.8, 4) is 0 Å². The SMILES string of the molecule is ClCCCCCOBr. The van der Waals surface area contributed by atoms with Gasteiger partial charge in [0.2, 0.25) is 0 Å². The van der Waals surface area contributed by atoms with Crippen LogP contribution in [0.3, 0.4) is 0 Å². The van der Waals surface area contributed by atoms with Crippen LogP contribution in [0.25, 0.3) is 0 Å². The molecule has 0 saturated heterocycles. The lowest BCUT2D eigenvalue weighted by atomic mass is 10.3. The topological polar surface area (TPSA) is 9.23 Å². The maximum Gasteiger partial charge on any atom is 0.0987 e. The number of rotatable bonds is 5. The first-order valence-electron chi connectivity index (χ1n) is 2.71. The van der Waals surface area contributed by atoms with E-state index in [0.717, 1.165) is 31.7 Å². The van der Waals surface area contributed by atoms with E-state index >= 15 is 0 Å². The predicted octanol–water partition coefficient (Wildman–Crippen LogP) is 2.72. The fourth-order valence-corrected chi connectivity index (χ4v) is 0.846. The number of hydrogen-bond donors (Lipinski definition) is 0. The molecule has 0 amide bonds. The Morgan fingerprint density at radius 1 is 1.25 bits per heavy atom. The molecule has 0 spiro atoms. The molecule has 1 nitrogen and oxygen atoms in total. The Bertz CT molecular complexity index is 37.4. The van der Waals surface area contributed by atoms with Gasteiger partial charge >= 0.3 is 0 Å². The quantitative estimate of drug-likeness (QED) is 0.491. The molecule has 0 aliphatic heterocycles. The van der Waals surface area contributed by atoms with E-state index in [1.807, 2.05) is 0 Å². The van der Waals surface area contributed by atoms with Crippen molar-refractivity contribution in [3.05, 3.63) is 0 Å². The first-order valence-corrected chi connectivity index (χ1v) is 3.89. The van der Waals surface area contributed by atoms with Crippen LogP contribution in [0.5, 0.6) is 0 Å². The fraction of sp³-hybridized carbons (Fsp3) is 1.00. The lowest BCUT2D eigenvalue weighted by Gasteiger charge is -1.92. The second-order valence-electron chi connectivity index (χ2n) is 1.56. The molecule has 50 valence electrons. The van der Waals surface area contributed by atoms with Gasteiger partial charge in [0.05, 0.1) is 22.9 Å². The van der Waals surface area contributed by atoms with Crippen LogP contribution in [0.2, 0.25) is 0 Å². The Kier molecular flexibility index (Phi) is 8.44. The summed E-state index contributed by atoms with van der Waals surface area (Å²) < 4.78 is 4.66. The highest BCUT2D eigenvalue weighted by molar-refractivity contribution is 9.06. The van der Waals surface area contributed by atoms with Crippen molar-refractivity contribution >= 4 is 27.9 Å². The van der Waals surface area contributed by atoms with E-state index < -0.39 is 0 Å². The summed E-state index contributed by atoms with van der Waals surface area (Å²) >= 11 is 8.30. The van der Waals surface area contributed by atoms with Crippen molar-refractivity contribution in [2.45, 2.75) is 19.3 Å². The summed E-state index contributed by atoms with van der Waals surface area (Å²) in [4.78, 5) is 0. The Balaban J connectivity index is 2.53. The number of hydrogen-bond acceptors (Lipinski definition) is 1. The minimum atomic E-state index is 0.766. The highest BCUT2D eigenvalue weighted by Gasteiger charge is 1.85. The molecule has 0 fully saturated rings. The van der Waals surface area contributed by atoms with Gasteiger partial charge in [-0.15, -0.1) is 11.6 Å². The Morgan fingerprint density at radius 2 is 2.00 bits per heavy atom. The van der Waals surface area contributed by atoms with Gasteiger partial charge in [-0.1, -0.05) is 0 Å². The van der Waals surface area contributed by atoms with Crippen molar-refractivity contribution in [3.63, 3.8) is 0 Å². The first-order chi connectivity index (χ1) is 3.91. The third-order valence-electron chi connectivity index (χ3n) is 0.855. The molecule has 0 aliphatic carbocycles. The summed E-state index contributed by atoms with van der Waals surface area (Å²) in [5, 5.41) is 0. The summed E-state index contributed by atoms with van der Waals surface area (Å²) in [6.07, 6.45) is 3.35. The summed E-state index contributed by atoms with van der Waals surface area (Å²) in [7, 11) is 0. The molecule has 0 unspecified atom stereocenters. The van der Waals surface area contributed by atoms with E-state index in [-0.39, 0.29) is 0 Å². The average Bonchev–Trinajstić information content (AvgIpc) is 1.81. The number of unbranched alkanes of at least 4 members (excludes halogenated alkanes) is 2. The van der Waals surface area contributed by atoms with E-state index in [4.69, 9.17) is 11.6 Å². The van der Waals surface area contributed by atoms with Gasteiger partial charge in [-0.3, -0.25) is 0 Å². The summed E-state index contributed by atoms with van der Waals surface area (Å²) in [5.74, 6) is 0.766. The molecular weight excluding hydrogens is 191 g/mol. The van der Waals surface area contributed by atoms with E-state index in [0.29, 0.717) is 0 Å². The smallest absolute Gasteiger partial charge is 0.0987 e. The molecule has 0 rings (SSSR count). The highest BCUT2D eigenvalue weighted by Crippen LogP contribution is 1.98. The van der Waals surface area contributed by atoms with Crippen LogP contribution in [0, 0.1) is 0 Å². The zero-order chi connectivity index (χ0) is 6.24. The van der Waals surface area contributed by atoms with Crippen LogP contribution in [0.15, 0.2) is 0 Å². The van der Waals surface area contributed by atoms with Crippen molar-refractivity contribution in [1.29, 1.82) is 0 Å². The second kappa shape index (κ2) is 7.73. The van der Waals surface area contributed by atoms with Gasteiger partial charge in [-0.05, 0) is 19.3 Å². The van der Waals surface area contributed by atoms with Crippen molar-refractivity contribution in [2.75, 3.05) is 12.5 Å². The molecule has 0 heterocycles.